The number of ether oxygens (including phenoxy) is 2. The molecule has 2 aliphatic rings. The first kappa shape index (κ1) is 24.8. The SMILES string of the molecule is C=C(Nc1cccc(CN2N=C(c3ccc(C#N)cc3)CSC2=O)c1)OCCCN1CCOCC1. The molecule has 0 spiro atoms. The maximum atomic E-state index is 12.5. The standard InChI is InChI=1S/C26H29N5O3S/c1-20(34-13-3-10-30-11-14-33-15-12-30)28-24-5-2-4-22(16-24)18-31-26(32)35-19-25(29-31)23-8-6-21(17-27)7-9-23/h2,4-9,16,28H,1,3,10-15,18-19H2. The van der Waals surface area contributed by atoms with E-state index in [2.05, 4.69) is 28.0 Å². The number of amides is 1. The minimum atomic E-state index is -0.0891. The fraction of sp³-hybridized carbons (Fsp3) is 0.346. The van der Waals surface area contributed by atoms with E-state index in [0.29, 0.717) is 30.4 Å². The molecule has 2 heterocycles. The van der Waals surface area contributed by atoms with Crippen LogP contribution in [-0.4, -0.2) is 66.1 Å². The Morgan fingerprint density at radius 2 is 2.03 bits per heavy atom. The molecule has 4 rings (SSSR count). The van der Waals surface area contributed by atoms with Crippen LogP contribution < -0.4 is 5.32 Å². The summed E-state index contributed by atoms with van der Waals surface area (Å²) in [6, 6.07) is 17.1. The van der Waals surface area contributed by atoms with Crippen molar-refractivity contribution in [1.29, 1.82) is 5.26 Å². The molecular formula is C26H29N5O3S. The van der Waals surface area contributed by atoms with Gasteiger partial charge in [-0.3, -0.25) is 9.69 Å². The fourth-order valence-corrected chi connectivity index (χ4v) is 4.56. The maximum absolute atomic E-state index is 12.5. The third kappa shape index (κ3) is 7.33. The van der Waals surface area contributed by atoms with Gasteiger partial charge in [-0.1, -0.05) is 36.0 Å². The number of thioether (sulfide) groups is 1. The lowest BCUT2D eigenvalue weighted by molar-refractivity contribution is 0.0345. The van der Waals surface area contributed by atoms with E-state index in [9.17, 15) is 4.79 Å². The molecule has 8 nitrogen and oxygen atoms in total. The van der Waals surface area contributed by atoms with Crippen LogP contribution in [0.3, 0.4) is 0 Å². The number of carbonyl (C=O) groups is 1. The lowest BCUT2D eigenvalue weighted by atomic mass is 10.1. The number of morpholine rings is 1. The molecule has 9 heteroatoms. The van der Waals surface area contributed by atoms with Gasteiger partial charge in [0.25, 0.3) is 0 Å². The van der Waals surface area contributed by atoms with E-state index in [4.69, 9.17) is 14.7 Å². The van der Waals surface area contributed by atoms with Crippen LogP contribution in [-0.2, 0) is 16.0 Å². The number of nitriles is 1. The van der Waals surface area contributed by atoms with Gasteiger partial charge in [-0.15, -0.1) is 0 Å². The molecule has 0 unspecified atom stereocenters. The highest BCUT2D eigenvalue weighted by atomic mass is 32.2. The number of nitrogens with one attached hydrogen (secondary N) is 1. The Hall–Kier alpha value is -3.32. The third-order valence-electron chi connectivity index (χ3n) is 5.67. The van der Waals surface area contributed by atoms with E-state index in [-0.39, 0.29) is 5.24 Å². The quantitative estimate of drug-likeness (QED) is 0.392. The van der Waals surface area contributed by atoms with Crippen molar-refractivity contribution in [3.8, 4) is 6.07 Å². The van der Waals surface area contributed by atoms with Crippen LogP contribution in [0, 0.1) is 11.3 Å². The number of hydrogen-bond acceptors (Lipinski definition) is 8. The molecule has 2 aliphatic heterocycles. The number of anilines is 1. The van der Waals surface area contributed by atoms with Crippen molar-refractivity contribution in [2.75, 3.05) is 50.5 Å². The molecule has 0 atom stereocenters. The molecule has 1 fully saturated rings. The van der Waals surface area contributed by atoms with E-state index >= 15 is 0 Å². The van der Waals surface area contributed by atoms with Gasteiger partial charge in [-0.05, 0) is 48.4 Å². The van der Waals surface area contributed by atoms with Gasteiger partial charge >= 0.3 is 5.24 Å². The van der Waals surface area contributed by atoms with Crippen LogP contribution in [0.15, 0.2) is 66.1 Å². The Kier molecular flexibility index (Phi) is 8.79. The zero-order valence-electron chi connectivity index (χ0n) is 19.6. The van der Waals surface area contributed by atoms with E-state index in [0.717, 1.165) is 61.8 Å². The van der Waals surface area contributed by atoms with Gasteiger partial charge < -0.3 is 14.8 Å². The minimum absolute atomic E-state index is 0.0891. The lowest BCUT2D eigenvalue weighted by Crippen LogP contribution is -2.37. The largest absolute Gasteiger partial charge is 0.479 e. The number of nitrogens with zero attached hydrogens (tertiary/aromatic N) is 4. The number of hydrogen-bond donors (Lipinski definition) is 1. The van der Waals surface area contributed by atoms with E-state index < -0.39 is 0 Å². The van der Waals surface area contributed by atoms with E-state index in [1.54, 1.807) is 12.1 Å². The maximum Gasteiger partial charge on any atom is 0.302 e. The molecule has 1 amide bonds. The van der Waals surface area contributed by atoms with E-state index in [1.165, 1.54) is 16.8 Å². The summed E-state index contributed by atoms with van der Waals surface area (Å²) in [6.45, 7) is 9.46. The van der Waals surface area contributed by atoms with Crippen molar-refractivity contribution >= 4 is 28.4 Å². The van der Waals surface area contributed by atoms with Crippen molar-refractivity contribution in [2.24, 2.45) is 5.10 Å². The number of rotatable bonds is 10. The first-order valence-electron chi connectivity index (χ1n) is 11.6. The van der Waals surface area contributed by atoms with Crippen LogP contribution in [0.2, 0.25) is 0 Å². The van der Waals surface area contributed by atoms with Gasteiger partial charge in [0.1, 0.15) is 0 Å². The van der Waals surface area contributed by atoms with Crippen LogP contribution in [0.1, 0.15) is 23.1 Å². The van der Waals surface area contributed by atoms with Gasteiger partial charge in [-0.25, -0.2) is 5.01 Å². The summed E-state index contributed by atoms with van der Waals surface area (Å²) in [4.78, 5) is 14.9. The summed E-state index contributed by atoms with van der Waals surface area (Å²) < 4.78 is 11.1. The summed E-state index contributed by atoms with van der Waals surface area (Å²) in [7, 11) is 0. The van der Waals surface area contributed by atoms with Crippen LogP contribution in [0.5, 0.6) is 0 Å². The summed E-state index contributed by atoms with van der Waals surface area (Å²) in [5.41, 5.74) is 4.10. The van der Waals surface area contributed by atoms with Crippen LogP contribution in [0.4, 0.5) is 10.5 Å². The predicted octanol–water partition coefficient (Wildman–Crippen LogP) is 4.25. The average Bonchev–Trinajstić information content (AvgIpc) is 2.89. The first-order chi connectivity index (χ1) is 17.1. The van der Waals surface area contributed by atoms with Gasteiger partial charge in [0.15, 0.2) is 5.88 Å². The van der Waals surface area contributed by atoms with E-state index in [1.807, 2.05) is 36.4 Å². The predicted molar refractivity (Wildman–Crippen MR) is 138 cm³/mol. The Morgan fingerprint density at radius 1 is 1.23 bits per heavy atom. The topological polar surface area (TPSA) is 90.2 Å². The highest BCUT2D eigenvalue weighted by molar-refractivity contribution is 8.14. The second-order valence-corrected chi connectivity index (χ2v) is 9.18. The molecule has 2 aromatic rings. The lowest BCUT2D eigenvalue weighted by Gasteiger charge is -2.26. The summed E-state index contributed by atoms with van der Waals surface area (Å²) in [6.07, 6.45) is 0.926. The number of hydrazone groups is 1. The highest BCUT2D eigenvalue weighted by Crippen LogP contribution is 2.23. The molecule has 182 valence electrons. The summed E-state index contributed by atoms with van der Waals surface area (Å²) in [5.74, 6) is 1.00. The molecule has 0 saturated carbocycles. The summed E-state index contributed by atoms with van der Waals surface area (Å²) >= 11 is 1.23. The molecule has 0 aliphatic carbocycles. The molecule has 0 radical (unpaired) electrons. The normalized spacial score (nSPS) is 16.4. The first-order valence-corrected chi connectivity index (χ1v) is 12.6. The minimum Gasteiger partial charge on any atom is -0.479 e. The molecular weight excluding hydrogens is 462 g/mol. The molecule has 35 heavy (non-hydrogen) atoms. The zero-order valence-corrected chi connectivity index (χ0v) is 20.4. The molecule has 0 bridgehead atoms. The van der Waals surface area contributed by atoms with Crippen molar-refractivity contribution in [3.05, 3.63) is 77.7 Å². The monoisotopic (exact) mass is 491 g/mol. The van der Waals surface area contributed by atoms with Crippen molar-refractivity contribution in [1.82, 2.24) is 9.91 Å². The van der Waals surface area contributed by atoms with Gasteiger partial charge in [0, 0.05) is 31.1 Å². The summed E-state index contributed by atoms with van der Waals surface area (Å²) in [5, 5.41) is 18.2. The smallest absolute Gasteiger partial charge is 0.302 e. The Morgan fingerprint density at radius 3 is 2.80 bits per heavy atom. The fourth-order valence-electron chi connectivity index (χ4n) is 3.82. The van der Waals surface area contributed by atoms with Crippen molar-refractivity contribution in [3.63, 3.8) is 0 Å². The average molecular weight is 492 g/mol. The second-order valence-electron chi connectivity index (χ2n) is 8.25. The Bertz CT molecular complexity index is 1110. The second kappa shape index (κ2) is 12.4. The third-order valence-corrected chi connectivity index (χ3v) is 6.55. The van der Waals surface area contributed by atoms with Gasteiger partial charge in [-0.2, -0.15) is 10.4 Å². The molecule has 1 saturated heterocycles. The zero-order chi connectivity index (χ0) is 24.5. The van der Waals surface area contributed by atoms with Gasteiger partial charge in [0.05, 0.1) is 43.7 Å². The highest BCUT2D eigenvalue weighted by Gasteiger charge is 2.22. The Balaban J connectivity index is 1.30. The van der Waals surface area contributed by atoms with Crippen LogP contribution >= 0.6 is 11.8 Å². The number of carbonyl (C=O) groups excluding carboxylic acids is 1. The molecule has 2 aromatic carbocycles. The molecule has 0 aromatic heterocycles. The molecule has 1 N–H and O–H groups in total. The Labute approximate surface area is 210 Å². The van der Waals surface area contributed by atoms with Crippen molar-refractivity contribution in [2.45, 2.75) is 13.0 Å². The van der Waals surface area contributed by atoms with Crippen molar-refractivity contribution < 1.29 is 14.3 Å². The van der Waals surface area contributed by atoms with Gasteiger partial charge in [0.2, 0.25) is 0 Å². The number of benzene rings is 2. The van der Waals surface area contributed by atoms with Crippen LogP contribution in [0.25, 0.3) is 0 Å².